The van der Waals surface area contributed by atoms with E-state index in [1.807, 2.05) is 0 Å². The Kier molecular flexibility index (Phi) is 19.0. The van der Waals surface area contributed by atoms with E-state index in [-0.39, 0.29) is 17.0 Å². The SMILES string of the molecule is CCCC[N+](CCCC)(CCCC)CCCC.O=C1OCCO1.[Br-]. The summed E-state index contributed by atoms with van der Waals surface area (Å²) in [6.45, 7) is 15.8. The van der Waals surface area contributed by atoms with Crippen molar-refractivity contribution < 1.29 is 35.7 Å². The zero-order chi connectivity index (χ0) is 17.4. The summed E-state index contributed by atoms with van der Waals surface area (Å²) in [5.41, 5.74) is 0. The van der Waals surface area contributed by atoms with Gasteiger partial charge in [0.05, 0.1) is 26.2 Å². The Balaban J connectivity index is 0. The van der Waals surface area contributed by atoms with Crippen LogP contribution in [-0.4, -0.2) is 50.0 Å². The van der Waals surface area contributed by atoms with E-state index in [0.29, 0.717) is 13.2 Å². The highest BCUT2D eigenvalue weighted by atomic mass is 79.9. The number of hydrogen-bond acceptors (Lipinski definition) is 3. The van der Waals surface area contributed by atoms with E-state index in [2.05, 4.69) is 37.2 Å². The van der Waals surface area contributed by atoms with Gasteiger partial charge in [0.15, 0.2) is 0 Å². The molecule has 0 aliphatic carbocycles. The van der Waals surface area contributed by atoms with Gasteiger partial charge in [0.2, 0.25) is 0 Å². The molecule has 1 aliphatic rings. The monoisotopic (exact) mass is 409 g/mol. The van der Waals surface area contributed by atoms with Gasteiger partial charge in [0, 0.05) is 0 Å². The molecule has 0 spiro atoms. The van der Waals surface area contributed by atoms with Gasteiger partial charge in [-0.3, -0.25) is 0 Å². The fraction of sp³-hybridized carbons (Fsp3) is 0.947. The second-order valence-electron chi connectivity index (χ2n) is 6.60. The van der Waals surface area contributed by atoms with Crippen molar-refractivity contribution in [2.75, 3.05) is 39.4 Å². The summed E-state index contributed by atoms with van der Waals surface area (Å²) < 4.78 is 10.0. The Morgan fingerprint density at radius 2 is 1.00 bits per heavy atom. The van der Waals surface area contributed by atoms with Crippen molar-refractivity contribution in [3.8, 4) is 0 Å². The first-order chi connectivity index (χ1) is 11.1. The molecule has 0 aromatic rings. The molecular formula is C19H40BrNO3. The number of ether oxygens (including phenoxy) is 2. The van der Waals surface area contributed by atoms with E-state index < -0.39 is 6.16 Å². The van der Waals surface area contributed by atoms with Crippen molar-refractivity contribution in [3.05, 3.63) is 0 Å². The molecule has 1 rings (SSSR count). The quantitative estimate of drug-likeness (QED) is 0.365. The van der Waals surface area contributed by atoms with E-state index in [9.17, 15) is 4.79 Å². The summed E-state index contributed by atoms with van der Waals surface area (Å²) in [5.74, 6) is 0. The van der Waals surface area contributed by atoms with Crippen LogP contribution in [0.3, 0.4) is 0 Å². The number of carbonyl (C=O) groups excluding carboxylic acids is 1. The third-order valence-corrected chi connectivity index (χ3v) is 4.47. The van der Waals surface area contributed by atoms with Crippen molar-refractivity contribution >= 4 is 6.16 Å². The second kappa shape index (κ2) is 17.5. The van der Waals surface area contributed by atoms with Crippen LogP contribution in [0.25, 0.3) is 0 Å². The van der Waals surface area contributed by atoms with E-state index in [0.717, 1.165) is 0 Å². The van der Waals surface area contributed by atoms with Gasteiger partial charge in [-0.15, -0.1) is 0 Å². The maximum absolute atomic E-state index is 9.80. The van der Waals surface area contributed by atoms with Crippen molar-refractivity contribution in [2.45, 2.75) is 79.1 Å². The third kappa shape index (κ3) is 13.1. The van der Waals surface area contributed by atoms with Crippen LogP contribution < -0.4 is 17.0 Å². The van der Waals surface area contributed by atoms with E-state index >= 15 is 0 Å². The molecule has 0 radical (unpaired) electrons. The molecule has 0 bridgehead atoms. The Labute approximate surface area is 160 Å². The van der Waals surface area contributed by atoms with Crippen LogP contribution in [-0.2, 0) is 9.47 Å². The molecule has 0 N–H and O–H groups in total. The van der Waals surface area contributed by atoms with Crippen molar-refractivity contribution in [1.29, 1.82) is 0 Å². The van der Waals surface area contributed by atoms with Crippen LogP contribution >= 0.6 is 0 Å². The lowest BCUT2D eigenvalue weighted by Crippen LogP contribution is -3.00. The lowest BCUT2D eigenvalue weighted by atomic mass is 10.1. The van der Waals surface area contributed by atoms with Crippen LogP contribution in [0.2, 0.25) is 0 Å². The standard InChI is InChI=1S/C16H36N.C3H4O3.BrH/c1-5-9-13-17(14-10-6-2,15-11-7-3)16-12-8-4;4-3-5-1-2-6-3;/h5-16H2,1-4H3;1-2H2;1H/q+1;;/p-1. The fourth-order valence-electron chi connectivity index (χ4n) is 2.94. The topological polar surface area (TPSA) is 35.5 Å². The maximum atomic E-state index is 9.80. The molecule has 0 saturated carbocycles. The van der Waals surface area contributed by atoms with Gasteiger partial charge in [-0.05, 0) is 25.7 Å². The Bertz CT molecular complexity index is 242. The Morgan fingerprint density at radius 3 is 1.17 bits per heavy atom. The number of hydrogen-bond donors (Lipinski definition) is 0. The van der Waals surface area contributed by atoms with Gasteiger partial charge in [0.25, 0.3) is 0 Å². The minimum absolute atomic E-state index is 0. The Hall–Kier alpha value is -0.290. The lowest BCUT2D eigenvalue weighted by molar-refractivity contribution is -0.929. The van der Waals surface area contributed by atoms with Gasteiger partial charge in [0.1, 0.15) is 13.2 Å². The highest BCUT2D eigenvalue weighted by Crippen LogP contribution is 2.16. The number of nitrogens with zero attached hydrogens (tertiary/aromatic N) is 1. The van der Waals surface area contributed by atoms with Crippen LogP contribution in [0.5, 0.6) is 0 Å². The van der Waals surface area contributed by atoms with E-state index in [1.165, 1.54) is 82.0 Å². The molecule has 1 fully saturated rings. The van der Waals surface area contributed by atoms with Gasteiger partial charge in [-0.25, -0.2) is 4.79 Å². The van der Waals surface area contributed by atoms with Gasteiger partial charge in [-0.2, -0.15) is 0 Å². The maximum Gasteiger partial charge on any atom is 0.508 e. The van der Waals surface area contributed by atoms with Crippen LogP contribution in [0.15, 0.2) is 0 Å². The van der Waals surface area contributed by atoms with Crippen LogP contribution in [0.4, 0.5) is 4.79 Å². The minimum atomic E-state index is -0.546. The van der Waals surface area contributed by atoms with Gasteiger partial charge < -0.3 is 30.9 Å². The predicted octanol–water partition coefficient (Wildman–Crippen LogP) is 2.16. The van der Waals surface area contributed by atoms with Crippen molar-refractivity contribution in [2.24, 2.45) is 0 Å². The van der Waals surface area contributed by atoms with Crippen LogP contribution in [0, 0.1) is 0 Å². The molecule has 1 aliphatic heterocycles. The van der Waals surface area contributed by atoms with E-state index in [4.69, 9.17) is 0 Å². The summed E-state index contributed by atoms with van der Waals surface area (Å²) in [4.78, 5) is 9.80. The normalized spacial score (nSPS) is 13.4. The first-order valence-electron chi connectivity index (χ1n) is 9.78. The summed E-state index contributed by atoms with van der Waals surface area (Å²) in [6, 6.07) is 0. The first-order valence-corrected chi connectivity index (χ1v) is 9.78. The molecule has 0 unspecified atom stereocenters. The molecule has 0 atom stereocenters. The van der Waals surface area contributed by atoms with Crippen LogP contribution in [0.1, 0.15) is 79.1 Å². The van der Waals surface area contributed by atoms with Crippen molar-refractivity contribution in [3.63, 3.8) is 0 Å². The molecule has 0 aromatic carbocycles. The lowest BCUT2D eigenvalue weighted by Gasteiger charge is -2.39. The predicted molar refractivity (Wildman–Crippen MR) is 96.7 cm³/mol. The summed E-state index contributed by atoms with van der Waals surface area (Å²) in [7, 11) is 0. The number of quaternary nitrogens is 1. The van der Waals surface area contributed by atoms with Gasteiger partial charge >= 0.3 is 6.16 Å². The summed E-state index contributed by atoms with van der Waals surface area (Å²) in [6.07, 6.45) is 10.5. The zero-order valence-electron chi connectivity index (χ0n) is 16.4. The minimum Gasteiger partial charge on any atom is -1.00 e. The number of halogens is 1. The largest absolute Gasteiger partial charge is 1.00 e. The zero-order valence-corrected chi connectivity index (χ0v) is 18.0. The molecule has 0 amide bonds. The first kappa shape index (κ1) is 25.9. The van der Waals surface area contributed by atoms with Crippen molar-refractivity contribution in [1.82, 2.24) is 0 Å². The highest BCUT2D eigenvalue weighted by molar-refractivity contribution is 5.61. The fourth-order valence-corrected chi connectivity index (χ4v) is 2.94. The number of unbranched alkanes of at least 4 members (excludes halogenated alkanes) is 4. The molecule has 1 saturated heterocycles. The second-order valence-corrected chi connectivity index (χ2v) is 6.60. The van der Waals surface area contributed by atoms with E-state index in [1.54, 1.807) is 0 Å². The summed E-state index contributed by atoms with van der Waals surface area (Å²) >= 11 is 0. The molecule has 146 valence electrons. The number of carbonyl (C=O) groups is 1. The molecule has 4 nitrogen and oxygen atoms in total. The molecule has 5 heteroatoms. The average molecular weight is 410 g/mol. The smallest absolute Gasteiger partial charge is 0.508 e. The molecule has 24 heavy (non-hydrogen) atoms. The van der Waals surface area contributed by atoms with Gasteiger partial charge in [-0.1, -0.05) is 53.4 Å². The molecule has 1 heterocycles. The summed E-state index contributed by atoms with van der Waals surface area (Å²) in [5, 5.41) is 0. The Morgan fingerprint density at radius 1 is 0.708 bits per heavy atom. The molecule has 0 aromatic heterocycles. The number of cyclic esters (lactones) is 2. The number of rotatable bonds is 12. The molecular weight excluding hydrogens is 370 g/mol. The third-order valence-electron chi connectivity index (χ3n) is 4.47. The average Bonchev–Trinajstić information content (AvgIpc) is 3.05. The highest BCUT2D eigenvalue weighted by Gasteiger charge is 2.24.